The highest BCUT2D eigenvalue weighted by Crippen LogP contribution is 2.39. The van der Waals surface area contributed by atoms with Crippen LogP contribution in [0.4, 0.5) is 0 Å². The van der Waals surface area contributed by atoms with E-state index in [0.717, 1.165) is 16.0 Å². The van der Waals surface area contributed by atoms with Gasteiger partial charge in [-0.1, -0.05) is 41.9 Å². The van der Waals surface area contributed by atoms with Gasteiger partial charge in [-0.05, 0) is 60.3 Å². The number of aromatic nitrogens is 1. The van der Waals surface area contributed by atoms with E-state index in [-0.39, 0.29) is 5.97 Å². The number of rotatable bonds is 5. The lowest BCUT2D eigenvalue weighted by Gasteiger charge is -2.03. The van der Waals surface area contributed by atoms with Gasteiger partial charge in [0.1, 0.15) is 5.69 Å². The molecule has 0 spiro atoms. The van der Waals surface area contributed by atoms with Gasteiger partial charge in [-0.2, -0.15) is 0 Å². The van der Waals surface area contributed by atoms with Crippen molar-refractivity contribution in [3.8, 4) is 22.7 Å². The predicted molar refractivity (Wildman–Crippen MR) is 114 cm³/mol. The normalized spacial score (nSPS) is 10.7. The fourth-order valence-electron chi connectivity index (χ4n) is 2.75. The summed E-state index contributed by atoms with van der Waals surface area (Å²) in [7, 11) is 1.36. The van der Waals surface area contributed by atoms with Gasteiger partial charge in [-0.3, -0.25) is 0 Å². The number of esters is 1. The summed E-state index contributed by atoms with van der Waals surface area (Å²) in [4.78, 5) is 17.4. The van der Waals surface area contributed by atoms with E-state index in [1.165, 1.54) is 18.9 Å². The van der Waals surface area contributed by atoms with Crippen LogP contribution < -0.4 is 0 Å². The number of hydrogen-bond donors (Lipinski definition) is 0. The Morgan fingerprint density at radius 2 is 1.62 bits per heavy atom. The van der Waals surface area contributed by atoms with Crippen molar-refractivity contribution in [2.24, 2.45) is 0 Å². The fourth-order valence-corrected chi connectivity index (χ4v) is 3.75. The first-order valence-corrected chi connectivity index (χ1v) is 10.0. The summed E-state index contributed by atoms with van der Waals surface area (Å²) in [6.07, 6.45) is 0. The van der Waals surface area contributed by atoms with Gasteiger partial charge in [-0.25, -0.2) is 9.78 Å². The van der Waals surface area contributed by atoms with Crippen LogP contribution in [0, 0.1) is 0 Å². The quantitative estimate of drug-likeness (QED) is 0.340. The maximum Gasteiger partial charge on any atom is 0.337 e. The van der Waals surface area contributed by atoms with Crippen LogP contribution >= 0.6 is 23.4 Å². The van der Waals surface area contributed by atoms with Crippen molar-refractivity contribution in [2.75, 3.05) is 7.11 Å². The number of halogens is 1. The Bertz CT molecular complexity index is 1120. The van der Waals surface area contributed by atoms with Crippen LogP contribution in [0.5, 0.6) is 0 Å². The lowest BCUT2D eigenvalue weighted by Crippen LogP contribution is -2.00. The Morgan fingerprint density at radius 3 is 2.28 bits per heavy atom. The largest absolute Gasteiger partial charge is 0.465 e. The third kappa shape index (κ3) is 4.36. The van der Waals surface area contributed by atoms with Crippen molar-refractivity contribution < 1.29 is 13.9 Å². The summed E-state index contributed by atoms with van der Waals surface area (Å²) in [6.45, 7) is 0. The average Bonchev–Trinajstić information content (AvgIpc) is 3.19. The molecule has 0 saturated carbocycles. The molecule has 0 fully saturated rings. The molecule has 0 saturated heterocycles. The van der Waals surface area contributed by atoms with Crippen LogP contribution in [0.15, 0.2) is 93.3 Å². The summed E-state index contributed by atoms with van der Waals surface area (Å²) in [5.41, 5.74) is 2.93. The molecular formula is C23H16ClNO3S. The molecule has 0 N–H and O–H groups in total. The fraction of sp³-hybridized carbons (Fsp3) is 0.0435. The molecular weight excluding hydrogens is 406 g/mol. The van der Waals surface area contributed by atoms with Crippen molar-refractivity contribution >= 4 is 29.3 Å². The van der Waals surface area contributed by atoms with Crippen LogP contribution in [0.1, 0.15) is 10.4 Å². The Kier molecular flexibility index (Phi) is 5.69. The number of nitrogens with zero attached hydrogens (tertiary/aromatic N) is 1. The van der Waals surface area contributed by atoms with Crippen LogP contribution in [0.25, 0.3) is 22.7 Å². The van der Waals surface area contributed by atoms with Gasteiger partial charge in [0.15, 0.2) is 5.09 Å². The summed E-state index contributed by atoms with van der Waals surface area (Å²) in [5, 5.41) is 1.34. The number of hydrogen-bond acceptors (Lipinski definition) is 5. The molecule has 1 aromatic heterocycles. The monoisotopic (exact) mass is 421 g/mol. The third-order valence-corrected chi connectivity index (χ3v) is 5.44. The second-order valence-corrected chi connectivity index (χ2v) is 7.63. The molecule has 0 atom stereocenters. The first-order chi connectivity index (χ1) is 14.1. The standard InChI is InChI=1S/C23H16ClNO3S/c1-27-22(26)17-9-7-15(8-10-17)20-23(29-19-13-11-18(24)12-14-19)28-21(25-20)16-5-3-2-4-6-16/h2-14H,1H3. The number of methoxy groups -OCH3 is 1. The summed E-state index contributed by atoms with van der Waals surface area (Å²) < 4.78 is 10.9. The van der Waals surface area contributed by atoms with Crippen molar-refractivity contribution in [3.05, 3.63) is 89.4 Å². The highest BCUT2D eigenvalue weighted by molar-refractivity contribution is 7.99. The lowest BCUT2D eigenvalue weighted by atomic mass is 10.1. The van der Waals surface area contributed by atoms with Crippen LogP contribution in [0.3, 0.4) is 0 Å². The van der Waals surface area contributed by atoms with Crippen molar-refractivity contribution in [1.82, 2.24) is 4.98 Å². The number of carbonyl (C=O) groups excluding carboxylic acids is 1. The molecule has 4 nitrogen and oxygen atoms in total. The van der Waals surface area contributed by atoms with E-state index in [1.54, 1.807) is 12.1 Å². The van der Waals surface area contributed by atoms with Gasteiger partial charge >= 0.3 is 5.97 Å². The Balaban J connectivity index is 1.75. The highest BCUT2D eigenvalue weighted by Gasteiger charge is 2.18. The molecule has 144 valence electrons. The second-order valence-electron chi connectivity index (χ2n) is 6.15. The Morgan fingerprint density at radius 1 is 0.931 bits per heavy atom. The summed E-state index contributed by atoms with van der Waals surface area (Å²) in [5.74, 6) is 0.159. The van der Waals surface area contributed by atoms with E-state index < -0.39 is 0 Å². The second kappa shape index (κ2) is 8.55. The zero-order valence-corrected chi connectivity index (χ0v) is 17.0. The minimum Gasteiger partial charge on any atom is -0.465 e. The number of benzene rings is 3. The molecule has 0 unspecified atom stereocenters. The van der Waals surface area contributed by atoms with E-state index >= 15 is 0 Å². The third-order valence-electron chi connectivity index (χ3n) is 4.22. The zero-order valence-electron chi connectivity index (χ0n) is 15.5. The van der Waals surface area contributed by atoms with E-state index in [0.29, 0.717) is 27.3 Å². The van der Waals surface area contributed by atoms with Gasteiger partial charge in [0, 0.05) is 21.0 Å². The lowest BCUT2D eigenvalue weighted by molar-refractivity contribution is 0.0601. The maximum atomic E-state index is 11.7. The molecule has 0 amide bonds. The topological polar surface area (TPSA) is 52.3 Å². The first-order valence-electron chi connectivity index (χ1n) is 8.82. The molecule has 0 aliphatic rings. The maximum absolute atomic E-state index is 11.7. The molecule has 3 aromatic carbocycles. The van der Waals surface area contributed by atoms with Crippen LogP contribution in [0.2, 0.25) is 5.02 Å². The van der Waals surface area contributed by atoms with E-state index in [2.05, 4.69) is 0 Å². The molecule has 0 bridgehead atoms. The van der Waals surface area contributed by atoms with E-state index in [9.17, 15) is 4.79 Å². The molecule has 4 aromatic rings. The SMILES string of the molecule is COC(=O)c1ccc(-c2nc(-c3ccccc3)oc2Sc2ccc(Cl)cc2)cc1. The first kappa shape index (κ1) is 19.3. The molecule has 1 heterocycles. The van der Waals surface area contributed by atoms with Crippen molar-refractivity contribution in [1.29, 1.82) is 0 Å². The molecule has 0 aliphatic carbocycles. The van der Waals surface area contributed by atoms with Gasteiger partial charge < -0.3 is 9.15 Å². The molecule has 6 heteroatoms. The average molecular weight is 422 g/mol. The molecule has 29 heavy (non-hydrogen) atoms. The smallest absolute Gasteiger partial charge is 0.337 e. The van der Waals surface area contributed by atoms with Gasteiger partial charge in [0.2, 0.25) is 5.89 Å². The zero-order chi connectivity index (χ0) is 20.2. The van der Waals surface area contributed by atoms with E-state index in [4.69, 9.17) is 25.7 Å². The van der Waals surface area contributed by atoms with Crippen molar-refractivity contribution in [3.63, 3.8) is 0 Å². The molecule has 0 aliphatic heterocycles. The number of carbonyl (C=O) groups is 1. The van der Waals surface area contributed by atoms with Crippen molar-refractivity contribution in [2.45, 2.75) is 9.99 Å². The van der Waals surface area contributed by atoms with Crippen LogP contribution in [-0.4, -0.2) is 18.1 Å². The summed E-state index contributed by atoms with van der Waals surface area (Å²) >= 11 is 7.46. The predicted octanol–water partition coefficient (Wildman–Crippen LogP) is 6.60. The molecule has 0 radical (unpaired) electrons. The molecule has 4 rings (SSSR count). The van der Waals surface area contributed by atoms with Gasteiger partial charge in [0.05, 0.1) is 12.7 Å². The Hall–Kier alpha value is -3.02. The van der Waals surface area contributed by atoms with Gasteiger partial charge in [-0.15, -0.1) is 0 Å². The number of ether oxygens (including phenoxy) is 1. The Labute approximate surface area is 177 Å². The highest BCUT2D eigenvalue weighted by atomic mass is 35.5. The van der Waals surface area contributed by atoms with Crippen LogP contribution in [-0.2, 0) is 4.74 Å². The summed E-state index contributed by atoms with van der Waals surface area (Å²) in [6, 6.07) is 24.4. The van der Waals surface area contributed by atoms with E-state index in [1.807, 2.05) is 66.7 Å². The minimum absolute atomic E-state index is 0.377. The number of oxazole rings is 1. The van der Waals surface area contributed by atoms with Gasteiger partial charge in [0.25, 0.3) is 0 Å². The minimum atomic E-state index is -0.377.